The lowest BCUT2D eigenvalue weighted by atomic mass is 9.94. The molecule has 15 nitrogen and oxygen atoms in total. The number of ketones is 1. The van der Waals surface area contributed by atoms with E-state index in [-0.39, 0.29) is 63.7 Å². The summed E-state index contributed by atoms with van der Waals surface area (Å²) in [6.45, 7) is 4.04. The molecule has 0 heterocycles. The number of unbranched alkanes of at least 4 members (excludes halogenated alkanes) is 1. The van der Waals surface area contributed by atoms with Crippen LogP contribution in [0.3, 0.4) is 0 Å². The van der Waals surface area contributed by atoms with Gasteiger partial charge in [-0.25, -0.2) is 4.79 Å². The van der Waals surface area contributed by atoms with Crippen LogP contribution in [-0.4, -0.2) is 102 Å². The first-order valence-electron chi connectivity index (χ1n) is 14.1. The Hall–Kier alpha value is -3.59. The van der Waals surface area contributed by atoms with E-state index in [9.17, 15) is 43.8 Å². The Morgan fingerprint density at radius 1 is 0.690 bits per heavy atom. The van der Waals surface area contributed by atoms with Crippen LogP contribution in [0.5, 0.6) is 0 Å². The van der Waals surface area contributed by atoms with Crippen LogP contribution >= 0.6 is 0 Å². The van der Waals surface area contributed by atoms with Crippen LogP contribution in [0.1, 0.15) is 71.6 Å². The van der Waals surface area contributed by atoms with Gasteiger partial charge in [0.15, 0.2) is 0 Å². The monoisotopic (exact) mass is 603 g/mol. The fourth-order valence-electron chi connectivity index (χ4n) is 3.58. The molecule has 0 aromatic carbocycles. The number of nitrogens with one attached hydrogen (secondary N) is 3. The number of aliphatic carboxylic acids is 3. The van der Waals surface area contributed by atoms with Gasteiger partial charge in [0.2, 0.25) is 17.7 Å². The predicted octanol–water partition coefficient (Wildman–Crippen LogP) is 0.343. The van der Waals surface area contributed by atoms with Gasteiger partial charge >= 0.3 is 17.9 Å². The zero-order valence-electron chi connectivity index (χ0n) is 24.4. The van der Waals surface area contributed by atoms with Crippen LogP contribution < -0.4 is 16.0 Å². The van der Waals surface area contributed by atoms with Gasteiger partial charge in [-0.3, -0.25) is 28.8 Å². The molecule has 0 aliphatic rings. The maximum atomic E-state index is 12.4. The zero-order chi connectivity index (χ0) is 31.9. The number of carboxylic acid groups (broad SMARTS) is 3. The lowest BCUT2D eigenvalue weighted by Gasteiger charge is -2.15. The number of carbonyl (C=O) groups is 7. The number of rotatable bonds is 26. The van der Waals surface area contributed by atoms with Crippen LogP contribution in [0.4, 0.5) is 0 Å². The van der Waals surface area contributed by atoms with Gasteiger partial charge in [0, 0.05) is 38.8 Å². The topological polar surface area (TPSA) is 235 Å². The van der Waals surface area contributed by atoms with Gasteiger partial charge in [-0.05, 0) is 25.7 Å². The summed E-state index contributed by atoms with van der Waals surface area (Å²) < 4.78 is 10.4. The van der Waals surface area contributed by atoms with Gasteiger partial charge in [-0.15, -0.1) is 0 Å². The molecule has 0 aromatic rings. The number of hydrogen-bond donors (Lipinski definition) is 6. The Morgan fingerprint density at radius 2 is 1.36 bits per heavy atom. The highest BCUT2D eigenvalue weighted by Gasteiger charge is 2.25. The Balaban J connectivity index is 4.31. The fourth-order valence-corrected chi connectivity index (χ4v) is 3.58. The molecule has 0 saturated heterocycles. The third kappa shape index (κ3) is 20.3. The first kappa shape index (κ1) is 38.4. The van der Waals surface area contributed by atoms with Crippen molar-refractivity contribution in [2.45, 2.75) is 77.7 Å². The van der Waals surface area contributed by atoms with Crippen molar-refractivity contribution >= 4 is 41.4 Å². The maximum Gasteiger partial charge on any atom is 0.326 e. The molecule has 240 valence electrons. The van der Waals surface area contributed by atoms with E-state index in [4.69, 9.17) is 14.6 Å². The highest BCUT2D eigenvalue weighted by Crippen LogP contribution is 2.15. The molecule has 0 aliphatic heterocycles. The van der Waals surface area contributed by atoms with Crippen molar-refractivity contribution in [2.24, 2.45) is 11.8 Å². The second-order valence-corrected chi connectivity index (χ2v) is 9.77. The lowest BCUT2D eigenvalue weighted by Crippen LogP contribution is -2.43. The van der Waals surface area contributed by atoms with Crippen LogP contribution in [-0.2, 0) is 43.0 Å². The summed E-state index contributed by atoms with van der Waals surface area (Å²) in [7, 11) is 0. The van der Waals surface area contributed by atoms with E-state index < -0.39 is 54.1 Å². The Morgan fingerprint density at radius 3 is 1.98 bits per heavy atom. The van der Waals surface area contributed by atoms with E-state index in [2.05, 4.69) is 16.0 Å². The largest absolute Gasteiger partial charge is 0.481 e. The van der Waals surface area contributed by atoms with Gasteiger partial charge in [-0.1, -0.05) is 20.3 Å². The smallest absolute Gasteiger partial charge is 0.326 e. The van der Waals surface area contributed by atoms with Gasteiger partial charge in [0.25, 0.3) is 0 Å². The van der Waals surface area contributed by atoms with Gasteiger partial charge in [0.05, 0.1) is 31.7 Å². The number of hydrogen-bond acceptors (Lipinski definition) is 9. The van der Waals surface area contributed by atoms with E-state index in [0.29, 0.717) is 38.8 Å². The van der Waals surface area contributed by atoms with E-state index >= 15 is 0 Å². The SMILES string of the molecule is CCC(=O)NCCOCCOCC(=O)N[C@@H](CCC(=O)C[C@@H](CCC(=O)NCCCC[C@H](C)C(=O)O)C(=O)O)C(=O)O. The van der Waals surface area contributed by atoms with Crippen LogP contribution in [0, 0.1) is 11.8 Å². The second-order valence-electron chi connectivity index (χ2n) is 9.77. The summed E-state index contributed by atoms with van der Waals surface area (Å²) in [6, 6.07) is -1.38. The average Bonchev–Trinajstić information content (AvgIpc) is 2.93. The van der Waals surface area contributed by atoms with Crippen molar-refractivity contribution in [3.63, 3.8) is 0 Å². The molecule has 0 aromatic heterocycles. The molecule has 15 heteroatoms. The minimum atomic E-state index is -1.38. The Labute approximate surface area is 245 Å². The normalized spacial score (nSPS) is 12.9. The Bertz CT molecular complexity index is 896. The second kappa shape index (κ2) is 23.0. The molecule has 0 rings (SSSR count). The summed E-state index contributed by atoms with van der Waals surface area (Å²) in [5, 5.41) is 35.2. The molecular formula is C27H45N3O12. The van der Waals surface area contributed by atoms with Crippen molar-refractivity contribution < 1.29 is 58.4 Å². The van der Waals surface area contributed by atoms with Gasteiger partial charge in [0.1, 0.15) is 18.4 Å². The first-order valence-corrected chi connectivity index (χ1v) is 14.1. The average molecular weight is 604 g/mol. The lowest BCUT2D eigenvalue weighted by molar-refractivity contribution is -0.145. The molecule has 0 radical (unpaired) electrons. The Kier molecular flexibility index (Phi) is 21.1. The summed E-state index contributed by atoms with van der Waals surface area (Å²) >= 11 is 0. The molecule has 6 N–H and O–H groups in total. The molecular weight excluding hydrogens is 558 g/mol. The summed E-state index contributed by atoms with van der Waals surface area (Å²) in [5.41, 5.74) is 0. The molecule has 0 aliphatic carbocycles. The summed E-state index contributed by atoms with van der Waals surface area (Å²) in [4.78, 5) is 81.4. The molecule has 0 saturated carbocycles. The van der Waals surface area contributed by atoms with E-state index in [1.54, 1.807) is 13.8 Å². The number of carbonyl (C=O) groups excluding carboxylic acids is 4. The van der Waals surface area contributed by atoms with E-state index in [1.807, 2.05) is 0 Å². The third-order valence-electron chi connectivity index (χ3n) is 6.19. The molecule has 0 spiro atoms. The fraction of sp³-hybridized carbons (Fsp3) is 0.741. The molecule has 42 heavy (non-hydrogen) atoms. The maximum absolute atomic E-state index is 12.4. The summed E-state index contributed by atoms with van der Waals surface area (Å²) in [6.07, 6.45) is 0.906. The standard InChI is InChI=1S/C27H45N3O12/c1-3-22(32)29-12-13-41-14-15-42-17-24(34)30-21(27(39)40)9-8-20(31)16-19(26(37)38)7-10-23(33)28-11-5-4-6-18(2)25(35)36/h18-19,21H,3-17H2,1-2H3,(H,28,33)(H,29,32)(H,30,34)(H,35,36)(H,37,38)(H,39,40)/t18-,19+,21-/m0/s1. The van der Waals surface area contributed by atoms with E-state index in [1.165, 1.54) is 0 Å². The molecule has 0 bridgehead atoms. The minimum Gasteiger partial charge on any atom is -0.481 e. The van der Waals surface area contributed by atoms with Crippen LogP contribution in [0.25, 0.3) is 0 Å². The van der Waals surface area contributed by atoms with Crippen LogP contribution in [0.2, 0.25) is 0 Å². The van der Waals surface area contributed by atoms with Gasteiger partial charge < -0.3 is 40.7 Å². The first-order chi connectivity index (χ1) is 19.9. The zero-order valence-corrected chi connectivity index (χ0v) is 24.4. The summed E-state index contributed by atoms with van der Waals surface area (Å²) in [5.74, 6) is -6.81. The van der Waals surface area contributed by atoms with Crippen molar-refractivity contribution in [1.29, 1.82) is 0 Å². The number of Topliss-reactive ketones (excluding diaryl/α,β-unsaturated/α-hetero) is 1. The quantitative estimate of drug-likeness (QED) is 0.0735. The highest BCUT2D eigenvalue weighted by atomic mass is 16.5. The van der Waals surface area contributed by atoms with Crippen molar-refractivity contribution in [3.8, 4) is 0 Å². The molecule has 0 unspecified atom stereocenters. The minimum absolute atomic E-state index is 0.0615. The number of carboxylic acids is 3. The molecule has 3 amide bonds. The molecule has 3 atom stereocenters. The van der Waals surface area contributed by atoms with Crippen LogP contribution in [0.15, 0.2) is 0 Å². The highest BCUT2D eigenvalue weighted by molar-refractivity contribution is 5.87. The van der Waals surface area contributed by atoms with Crippen molar-refractivity contribution in [3.05, 3.63) is 0 Å². The molecule has 0 fully saturated rings. The van der Waals surface area contributed by atoms with Gasteiger partial charge in [-0.2, -0.15) is 0 Å². The van der Waals surface area contributed by atoms with Crippen molar-refractivity contribution in [1.82, 2.24) is 16.0 Å². The van der Waals surface area contributed by atoms with Crippen molar-refractivity contribution in [2.75, 3.05) is 39.5 Å². The number of ether oxygens (including phenoxy) is 2. The third-order valence-corrected chi connectivity index (χ3v) is 6.19. The van der Waals surface area contributed by atoms with E-state index in [0.717, 1.165) is 0 Å². The predicted molar refractivity (Wildman–Crippen MR) is 147 cm³/mol. The number of amides is 3.